The average Bonchev–Trinajstić information content (AvgIpc) is 2.01. The van der Waals surface area contributed by atoms with Gasteiger partial charge < -0.3 is 5.32 Å². The largest absolute Gasteiger partial charge is 0.305 e. The molecule has 0 aliphatic heterocycles. The minimum atomic E-state index is -2.80. The summed E-state index contributed by atoms with van der Waals surface area (Å²) in [7, 11) is -2.80. The van der Waals surface area contributed by atoms with Gasteiger partial charge in [0.05, 0.1) is 12.3 Å². The van der Waals surface area contributed by atoms with Crippen LogP contribution in [0.4, 0.5) is 0 Å². The van der Waals surface area contributed by atoms with E-state index in [4.69, 9.17) is 6.42 Å². The second-order valence-electron chi connectivity index (χ2n) is 2.62. The van der Waals surface area contributed by atoms with Gasteiger partial charge in [0.15, 0.2) is 0 Å². The van der Waals surface area contributed by atoms with E-state index in [1.807, 2.05) is 0 Å². The Morgan fingerprint density at radius 3 is 2.69 bits per heavy atom. The van der Waals surface area contributed by atoms with Gasteiger partial charge in [0, 0.05) is 24.3 Å². The maximum atomic E-state index is 10.7. The molecule has 0 spiro atoms. The van der Waals surface area contributed by atoms with Crippen LogP contribution >= 0.6 is 11.8 Å². The first-order valence-corrected chi connectivity index (χ1v) is 7.17. The standard InChI is InChI=1S/C8H15NO2S2/c1-3-4-9-5-6-12-7-8-13(2,10)11/h1,9H,4-8H2,2H3. The summed E-state index contributed by atoms with van der Waals surface area (Å²) in [5.74, 6) is 4.29. The van der Waals surface area contributed by atoms with Gasteiger partial charge in [0.25, 0.3) is 0 Å². The summed E-state index contributed by atoms with van der Waals surface area (Å²) in [5, 5.41) is 3.03. The van der Waals surface area contributed by atoms with Gasteiger partial charge in [-0.1, -0.05) is 5.92 Å². The van der Waals surface area contributed by atoms with Crippen LogP contribution in [0.3, 0.4) is 0 Å². The summed E-state index contributed by atoms with van der Waals surface area (Å²) in [4.78, 5) is 0. The van der Waals surface area contributed by atoms with E-state index in [-0.39, 0.29) is 5.75 Å². The van der Waals surface area contributed by atoms with Crippen LogP contribution in [-0.2, 0) is 9.84 Å². The Balaban J connectivity index is 3.14. The molecule has 0 aromatic rings. The second kappa shape index (κ2) is 7.25. The molecular weight excluding hydrogens is 206 g/mol. The number of rotatable bonds is 7. The Bertz CT molecular complexity index is 254. The first-order valence-electron chi connectivity index (χ1n) is 3.96. The zero-order valence-electron chi connectivity index (χ0n) is 7.75. The Morgan fingerprint density at radius 1 is 1.46 bits per heavy atom. The molecule has 0 saturated carbocycles. The summed E-state index contributed by atoms with van der Waals surface area (Å²) < 4.78 is 21.4. The highest BCUT2D eigenvalue weighted by Crippen LogP contribution is 1.99. The van der Waals surface area contributed by atoms with E-state index in [1.54, 1.807) is 11.8 Å². The van der Waals surface area contributed by atoms with E-state index in [1.165, 1.54) is 6.26 Å². The number of hydrogen-bond donors (Lipinski definition) is 1. The van der Waals surface area contributed by atoms with Crippen LogP contribution in [0, 0.1) is 12.3 Å². The maximum Gasteiger partial charge on any atom is 0.148 e. The third kappa shape index (κ3) is 11.8. The van der Waals surface area contributed by atoms with E-state index in [9.17, 15) is 8.42 Å². The van der Waals surface area contributed by atoms with Crippen molar-refractivity contribution in [3.05, 3.63) is 0 Å². The molecule has 0 fully saturated rings. The van der Waals surface area contributed by atoms with Gasteiger partial charge >= 0.3 is 0 Å². The van der Waals surface area contributed by atoms with Crippen LogP contribution in [-0.4, -0.2) is 45.0 Å². The molecule has 0 heterocycles. The zero-order valence-corrected chi connectivity index (χ0v) is 9.38. The van der Waals surface area contributed by atoms with Gasteiger partial charge in [-0.15, -0.1) is 6.42 Å². The summed E-state index contributed by atoms with van der Waals surface area (Å²) in [6.45, 7) is 1.41. The molecule has 0 aromatic carbocycles. The SMILES string of the molecule is C#CCNCCSCCS(C)(=O)=O. The first kappa shape index (κ1) is 12.8. The molecule has 13 heavy (non-hydrogen) atoms. The third-order valence-corrected chi connectivity index (χ3v) is 3.44. The van der Waals surface area contributed by atoms with Gasteiger partial charge in [-0.25, -0.2) is 8.42 Å². The molecule has 5 heteroatoms. The fraction of sp³-hybridized carbons (Fsp3) is 0.750. The molecule has 76 valence electrons. The van der Waals surface area contributed by atoms with Crippen LogP contribution in [0.2, 0.25) is 0 Å². The van der Waals surface area contributed by atoms with Crippen molar-refractivity contribution in [1.29, 1.82) is 0 Å². The fourth-order valence-corrected chi connectivity index (χ4v) is 2.79. The Kier molecular flexibility index (Phi) is 7.14. The van der Waals surface area contributed by atoms with Crippen molar-refractivity contribution in [3.63, 3.8) is 0 Å². The molecule has 1 N–H and O–H groups in total. The van der Waals surface area contributed by atoms with Gasteiger partial charge in [-0.05, 0) is 0 Å². The highest BCUT2D eigenvalue weighted by molar-refractivity contribution is 8.00. The molecule has 0 rings (SSSR count). The predicted octanol–water partition coefficient (Wildman–Crippen LogP) is -0.0130. The highest BCUT2D eigenvalue weighted by Gasteiger charge is 2.00. The van der Waals surface area contributed by atoms with E-state index in [2.05, 4.69) is 11.2 Å². The van der Waals surface area contributed by atoms with Crippen molar-refractivity contribution in [2.75, 3.05) is 36.6 Å². The van der Waals surface area contributed by atoms with Crippen molar-refractivity contribution in [3.8, 4) is 12.3 Å². The van der Waals surface area contributed by atoms with E-state index >= 15 is 0 Å². The number of sulfone groups is 1. The summed E-state index contributed by atoms with van der Waals surface area (Å²) >= 11 is 1.62. The molecule has 0 aliphatic carbocycles. The number of nitrogens with one attached hydrogen (secondary N) is 1. The summed E-state index contributed by atoms with van der Waals surface area (Å²) in [5.41, 5.74) is 0. The van der Waals surface area contributed by atoms with Gasteiger partial charge in [0.2, 0.25) is 0 Å². The molecule has 3 nitrogen and oxygen atoms in total. The Hall–Kier alpha value is -0.180. The predicted molar refractivity (Wildman–Crippen MR) is 58.7 cm³/mol. The number of hydrogen-bond acceptors (Lipinski definition) is 4. The van der Waals surface area contributed by atoms with E-state index in [0.717, 1.165) is 12.3 Å². The van der Waals surface area contributed by atoms with Gasteiger partial charge in [-0.2, -0.15) is 11.8 Å². The molecule has 0 radical (unpaired) electrons. The van der Waals surface area contributed by atoms with Crippen molar-refractivity contribution < 1.29 is 8.42 Å². The fourth-order valence-electron chi connectivity index (χ4n) is 0.617. The topological polar surface area (TPSA) is 46.2 Å². The normalized spacial score (nSPS) is 11.1. The van der Waals surface area contributed by atoms with Crippen molar-refractivity contribution in [1.82, 2.24) is 5.32 Å². The quantitative estimate of drug-likeness (QED) is 0.485. The summed E-state index contributed by atoms with van der Waals surface area (Å²) in [6, 6.07) is 0. The minimum absolute atomic E-state index is 0.257. The monoisotopic (exact) mass is 221 g/mol. The number of thioether (sulfide) groups is 1. The molecule has 0 aromatic heterocycles. The molecular formula is C8H15NO2S2. The lowest BCUT2D eigenvalue weighted by atomic mass is 10.6. The molecule has 0 atom stereocenters. The van der Waals surface area contributed by atoms with Crippen LogP contribution < -0.4 is 5.32 Å². The van der Waals surface area contributed by atoms with Crippen LogP contribution in [0.25, 0.3) is 0 Å². The van der Waals surface area contributed by atoms with E-state index < -0.39 is 9.84 Å². The maximum absolute atomic E-state index is 10.7. The zero-order chi connectivity index (χ0) is 10.2. The highest BCUT2D eigenvalue weighted by atomic mass is 32.2. The smallest absolute Gasteiger partial charge is 0.148 e. The Morgan fingerprint density at radius 2 is 2.15 bits per heavy atom. The van der Waals surface area contributed by atoms with Gasteiger partial charge in [-0.3, -0.25) is 0 Å². The Labute approximate surface area is 84.6 Å². The molecule has 0 bridgehead atoms. The van der Waals surface area contributed by atoms with Crippen LogP contribution in [0.1, 0.15) is 0 Å². The first-order chi connectivity index (χ1) is 6.06. The van der Waals surface area contributed by atoms with Crippen LogP contribution in [0.5, 0.6) is 0 Å². The lowest BCUT2D eigenvalue weighted by Gasteiger charge is -2.00. The molecule has 0 unspecified atom stereocenters. The van der Waals surface area contributed by atoms with Gasteiger partial charge in [0.1, 0.15) is 9.84 Å². The van der Waals surface area contributed by atoms with Crippen molar-refractivity contribution >= 4 is 21.6 Å². The van der Waals surface area contributed by atoms with Crippen LogP contribution in [0.15, 0.2) is 0 Å². The minimum Gasteiger partial charge on any atom is -0.305 e. The van der Waals surface area contributed by atoms with Crippen molar-refractivity contribution in [2.45, 2.75) is 0 Å². The van der Waals surface area contributed by atoms with Crippen molar-refractivity contribution in [2.24, 2.45) is 0 Å². The molecule has 0 amide bonds. The lowest BCUT2D eigenvalue weighted by Crippen LogP contribution is -2.17. The molecule has 0 saturated heterocycles. The second-order valence-corrected chi connectivity index (χ2v) is 6.11. The lowest BCUT2D eigenvalue weighted by molar-refractivity contribution is 0.603. The molecule has 0 aliphatic rings. The van der Waals surface area contributed by atoms with E-state index in [0.29, 0.717) is 12.3 Å². The third-order valence-electron chi connectivity index (χ3n) is 1.25. The average molecular weight is 221 g/mol. The number of terminal acetylenes is 1. The summed E-state index contributed by atoms with van der Waals surface area (Å²) in [6.07, 6.45) is 6.28.